The summed E-state index contributed by atoms with van der Waals surface area (Å²) in [6, 6.07) is 8.66. The second-order valence-corrected chi connectivity index (χ2v) is 12.0. The second-order valence-electron chi connectivity index (χ2n) is 10.1. The van der Waals surface area contributed by atoms with Crippen molar-refractivity contribution in [1.82, 2.24) is 18.8 Å². The van der Waals surface area contributed by atoms with Gasteiger partial charge in [0.25, 0.3) is 15.9 Å². The number of aliphatic hydroxyl groups is 1. The first-order valence-electron chi connectivity index (χ1n) is 12.9. The molecule has 2 aromatic carbocycles. The van der Waals surface area contributed by atoms with Crippen LogP contribution in [-0.4, -0.2) is 83.1 Å². The monoisotopic (exact) mass is 588 g/mol. The molecule has 1 aromatic heterocycles. The van der Waals surface area contributed by atoms with Gasteiger partial charge in [-0.2, -0.15) is 4.31 Å². The predicted octanol–water partition coefficient (Wildman–Crippen LogP) is 2.74. The minimum absolute atomic E-state index is 0.0575. The van der Waals surface area contributed by atoms with Crippen LogP contribution in [0.5, 0.6) is 5.75 Å². The molecule has 3 amide bonds. The quantitative estimate of drug-likeness (QED) is 0.367. The Morgan fingerprint density at radius 3 is 2.59 bits per heavy atom. The molecule has 0 radical (unpaired) electrons. The number of hydrogen-bond donors (Lipinski definition) is 3. The summed E-state index contributed by atoms with van der Waals surface area (Å²) in [7, 11) is -0.877. The van der Waals surface area contributed by atoms with Crippen molar-refractivity contribution in [1.29, 1.82) is 0 Å². The third-order valence-corrected chi connectivity index (χ3v) is 8.54. The van der Waals surface area contributed by atoms with E-state index in [1.54, 1.807) is 32.2 Å². The summed E-state index contributed by atoms with van der Waals surface area (Å²) in [4.78, 5) is 31.9. The SMILES string of the molecule is C[C@@H]1CN([C@@H](C)CO)C(=O)c2cccc(NC(=O)Nc3ccc(F)cc3)c2O[C@H]1CN(C)S(=O)(=O)c1cn(C)cn1. The van der Waals surface area contributed by atoms with Gasteiger partial charge in [0, 0.05) is 38.4 Å². The lowest BCUT2D eigenvalue weighted by molar-refractivity contribution is 0.0389. The summed E-state index contributed by atoms with van der Waals surface area (Å²) in [5, 5.41) is 15.0. The van der Waals surface area contributed by atoms with E-state index in [4.69, 9.17) is 4.74 Å². The van der Waals surface area contributed by atoms with Crippen LogP contribution in [0.4, 0.5) is 20.6 Å². The maximum absolute atomic E-state index is 13.6. The van der Waals surface area contributed by atoms with Gasteiger partial charge < -0.3 is 29.9 Å². The van der Waals surface area contributed by atoms with Crippen LogP contribution in [0.15, 0.2) is 60.0 Å². The van der Waals surface area contributed by atoms with Crippen molar-refractivity contribution >= 4 is 33.3 Å². The zero-order valence-corrected chi connectivity index (χ0v) is 23.9. The van der Waals surface area contributed by atoms with E-state index < -0.39 is 39.9 Å². The van der Waals surface area contributed by atoms with Crippen LogP contribution in [0.25, 0.3) is 0 Å². The normalized spacial score (nSPS) is 18.2. The van der Waals surface area contributed by atoms with Gasteiger partial charge in [0.05, 0.1) is 36.8 Å². The van der Waals surface area contributed by atoms with Crippen LogP contribution in [0.2, 0.25) is 0 Å². The standard InChI is InChI=1S/C27H33FN6O6S/c1-17-12-34(18(2)15-35)26(36)21-6-5-7-22(31-27(37)30-20-10-8-19(28)9-11-20)25(21)40-23(17)13-33(4)41(38,39)24-14-32(3)16-29-24/h5-11,14,16-18,23,35H,12-13,15H2,1-4H3,(H2,30,31,37)/t17-,18+,23+/m1/s1. The molecule has 0 saturated heterocycles. The number of ether oxygens (including phenoxy) is 1. The molecular weight excluding hydrogens is 555 g/mol. The van der Waals surface area contributed by atoms with E-state index in [0.29, 0.717) is 5.69 Å². The first kappa shape index (κ1) is 30.0. The molecule has 41 heavy (non-hydrogen) atoms. The molecule has 0 unspecified atom stereocenters. The maximum atomic E-state index is 13.6. The van der Waals surface area contributed by atoms with E-state index in [1.807, 2.05) is 6.92 Å². The highest BCUT2D eigenvalue weighted by Gasteiger charge is 2.36. The summed E-state index contributed by atoms with van der Waals surface area (Å²) in [6.45, 7) is 3.33. The topological polar surface area (TPSA) is 146 Å². The molecule has 3 atom stereocenters. The van der Waals surface area contributed by atoms with Gasteiger partial charge >= 0.3 is 6.03 Å². The van der Waals surface area contributed by atoms with Gasteiger partial charge in [-0.1, -0.05) is 13.0 Å². The minimum Gasteiger partial charge on any atom is -0.486 e. The molecule has 4 rings (SSSR count). The summed E-state index contributed by atoms with van der Waals surface area (Å²) in [6.07, 6.45) is 2.02. The Hall–Kier alpha value is -4.01. The van der Waals surface area contributed by atoms with Gasteiger partial charge in [-0.05, 0) is 43.3 Å². The highest BCUT2D eigenvalue weighted by atomic mass is 32.2. The van der Waals surface area contributed by atoms with E-state index in [2.05, 4.69) is 15.6 Å². The fraction of sp³-hybridized carbons (Fsp3) is 0.370. The number of urea groups is 1. The zero-order chi connectivity index (χ0) is 29.9. The lowest BCUT2D eigenvalue weighted by Crippen LogP contribution is -2.50. The molecule has 3 aromatic rings. The van der Waals surface area contributed by atoms with Gasteiger partial charge in [0.2, 0.25) is 0 Å². The highest BCUT2D eigenvalue weighted by Crippen LogP contribution is 2.35. The van der Waals surface area contributed by atoms with Crippen LogP contribution in [-0.2, 0) is 17.1 Å². The number of benzene rings is 2. The first-order valence-corrected chi connectivity index (χ1v) is 14.3. The number of imidazole rings is 1. The number of aryl methyl sites for hydroxylation is 1. The number of rotatable bonds is 8. The number of carbonyl (C=O) groups excluding carboxylic acids is 2. The third kappa shape index (κ3) is 6.66. The third-order valence-electron chi connectivity index (χ3n) is 6.83. The van der Waals surface area contributed by atoms with E-state index >= 15 is 0 Å². The number of fused-ring (bicyclic) bond motifs is 1. The summed E-state index contributed by atoms with van der Waals surface area (Å²) < 4.78 is 48.7. The van der Waals surface area contributed by atoms with E-state index in [0.717, 1.165) is 4.31 Å². The van der Waals surface area contributed by atoms with Crippen LogP contribution >= 0.6 is 0 Å². The predicted molar refractivity (Wildman–Crippen MR) is 150 cm³/mol. The summed E-state index contributed by atoms with van der Waals surface area (Å²) >= 11 is 0. The number of aliphatic hydroxyl groups excluding tert-OH is 1. The Kier molecular flexibility index (Phi) is 8.95. The molecule has 14 heteroatoms. The largest absolute Gasteiger partial charge is 0.486 e. The fourth-order valence-corrected chi connectivity index (χ4v) is 5.55. The molecule has 220 valence electrons. The Bertz CT molecular complexity index is 1510. The number of amides is 3. The van der Waals surface area contributed by atoms with Gasteiger partial charge in [-0.3, -0.25) is 4.79 Å². The van der Waals surface area contributed by atoms with Crippen molar-refractivity contribution in [2.45, 2.75) is 31.0 Å². The van der Waals surface area contributed by atoms with E-state index in [-0.39, 0.29) is 47.6 Å². The van der Waals surface area contributed by atoms with Crippen LogP contribution in [0.1, 0.15) is 24.2 Å². The average Bonchev–Trinajstić information content (AvgIpc) is 3.38. The number of aromatic nitrogens is 2. The lowest BCUT2D eigenvalue weighted by atomic mass is 9.99. The van der Waals surface area contributed by atoms with Gasteiger partial charge in [0.15, 0.2) is 10.8 Å². The Morgan fingerprint density at radius 2 is 1.95 bits per heavy atom. The molecule has 12 nitrogen and oxygen atoms in total. The molecule has 0 bridgehead atoms. The van der Waals surface area contributed by atoms with Gasteiger partial charge in [-0.25, -0.2) is 22.6 Å². The van der Waals surface area contributed by atoms with Crippen LogP contribution < -0.4 is 15.4 Å². The van der Waals surface area contributed by atoms with Crippen LogP contribution in [0, 0.1) is 11.7 Å². The Morgan fingerprint density at radius 1 is 1.24 bits per heavy atom. The number of likely N-dealkylation sites (N-methyl/N-ethyl adjacent to an activating group) is 1. The number of para-hydroxylation sites is 1. The van der Waals surface area contributed by atoms with Gasteiger partial charge in [0.1, 0.15) is 11.9 Å². The van der Waals surface area contributed by atoms with Crippen molar-refractivity contribution in [3.05, 3.63) is 66.4 Å². The molecule has 2 heterocycles. The van der Waals surface area contributed by atoms with Crippen molar-refractivity contribution in [2.75, 3.05) is 37.4 Å². The molecule has 0 spiro atoms. The van der Waals surface area contributed by atoms with Crippen molar-refractivity contribution in [2.24, 2.45) is 13.0 Å². The minimum atomic E-state index is -3.96. The molecule has 0 aliphatic carbocycles. The zero-order valence-electron chi connectivity index (χ0n) is 23.1. The number of hydrogen-bond acceptors (Lipinski definition) is 7. The Balaban J connectivity index is 1.68. The number of nitrogens with zero attached hydrogens (tertiary/aromatic N) is 4. The van der Waals surface area contributed by atoms with E-state index in [1.165, 1.54) is 53.3 Å². The number of halogens is 1. The number of sulfonamides is 1. The highest BCUT2D eigenvalue weighted by molar-refractivity contribution is 7.89. The molecule has 0 fully saturated rings. The lowest BCUT2D eigenvalue weighted by Gasteiger charge is -2.38. The summed E-state index contributed by atoms with van der Waals surface area (Å²) in [5.74, 6) is -1.20. The smallest absolute Gasteiger partial charge is 0.323 e. The molecular formula is C27H33FN6O6S. The number of carbonyl (C=O) groups is 2. The van der Waals surface area contributed by atoms with E-state index in [9.17, 15) is 27.5 Å². The molecule has 1 aliphatic rings. The van der Waals surface area contributed by atoms with Gasteiger partial charge in [-0.15, -0.1) is 0 Å². The second kappa shape index (κ2) is 12.2. The summed E-state index contributed by atoms with van der Waals surface area (Å²) in [5.41, 5.74) is 0.647. The Labute approximate surface area is 237 Å². The molecule has 0 saturated carbocycles. The number of anilines is 2. The van der Waals surface area contributed by atoms with Crippen LogP contribution in [0.3, 0.4) is 0 Å². The fourth-order valence-electron chi connectivity index (χ4n) is 4.41. The molecule has 1 aliphatic heterocycles. The van der Waals surface area contributed by atoms with Crippen molar-refractivity contribution in [3.8, 4) is 5.75 Å². The average molecular weight is 589 g/mol. The first-order chi connectivity index (χ1) is 19.4. The number of nitrogens with one attached hydrogen (secondary N) is 2. The van der Waals surface area contributed by atoms with Crippen molar-refractivity contribution in [3.63, 3.8) is 0 Å². The van der Waals surface area contributed by atoms with Crippen molar-refractivity contribution < 1.29 is 32.2 Å². The molecule has 3 N–H and O–H groups in total. The maximum Gasteiger partial charge on any atom is 0.323 e.